The van der Waals surface area contributed by atoms with Gasteiger partial charge in [0.1, 0.15) is 0 Å². The zero-order valence-electron chi connectivity index (χ0n) is 11.9. The molecule has 110 valence electrons. The lowest BCUT2D eigenvalue weighted by Gasteiger charge is -2.37. The Morgan fingerprint density at radius 1 is 1.26 bits per heavy atom. The molecule has 6 heteroatoms. The minimum atomic E-state index is -0.755. The van der Waals surface area contributed by atoms with E-state index >= 15 is 0 Å². The quantitative estimate of drug-likeness (QED) is 0.681. The van der Waals surface area contributed by atoms with Crippen molar-refractivity contribution in [2.24, 2.45) is 0 Å². The fourth-order valence-electron chi connectivity index (χ4n) is 2.19. The molecular weight excluding hydrogens is 246 g/mol. The Bertz CT molecular complexity index is 302. The Labute approximate surface area is 114 Å². The maximum Gasteiger partial charge on any atom is 0.304 e. The van der Waals surface area contributed by atoms with Crippen LogP contribution in [-0.2, 0) is 9.59 Å². The summed E-state index contributed by atoms with van der Waals surface area (Å²) < 4.78 is 0. The van der Waals surface area contributed by atoms with Crippen molar-refractivity contribution in [2.45, 2.75) is 32.7 Å². The highest BCUT2D eigenvalue weighted by Crippen LogP contribution is 2.07. The van der Waals surface area contributed by atoms with Crippen molar-refractivity contribution in [3.8, 4) is 0 Å². The molecule has 19 heavy (non-hydrogen) atoms. The minimum Gasteiger partial charge on any atom is -0.481 e. The average molecular weight is 271 g/mol. The van der Waals surface area contributed by atoms with Crippen LogP contribution in [0.25, 0.3) is 0 Å². The smallest absolute Gasteiger partial charge is 0.304 e. The third-order valence-electron chi connectivity index (χ3n) is 3.53. The Balaban J connectivity index is 2.28. The first-order valence-corrected chi connectivity index (χ1v) is 7.00. The first-order valence-electron chi connectivity index (χ1n) is 7.00. The van der Waals surface area contributed by atoms with Crippen molar-refractivity contribution >= 4 is 11.9 Å². The SMILES string of the molecule is CCCNC(=O)C(C)N1CCN(CCC(=O)O)CC1. The van der Waals surface area contributed by atoms with Gasteiger partial charge in [0, 0.05) is 39.3 Å². The van der Waals surface area contributed by atoms with Crippen LogP contribution in [0.2, 0.25) is 0 Å². The third-order valence-corrected chi connectivity index (χ3v) is 3.53. The van der Waals surface area contributed by atoms with E-state index < -0.39 is 5.97 Å². The van der Waals surface area contributed by atoms with Crippen LogP contribution in [0.5, 0.6) is 0 Å². The number of piperazine rings is 1. The molecule has 0 aliphatic carbocycles. The monoisotopic (exact) mass is 271 g/mol. The van der Waals surface area contributed by atoms with Gasteiger partial charge in [-0.3, -0.25) is 14.5 Å². The molecule has 1 aliphatic heterocycles. The standard InChI is InChI=1S/C13H25N3O3/c1-3-5-14-13(19)11(2)16-9-7-15(8-10-16)6-4-12(17)18/h11H,3-10H2,1-2H3,(H,14,19)(H,17,18). The van der Waals surface area contributed by atoms with Crippen molar-refractivity contribution < 1.29 is 14.7 Å². The molecule has 2 N–H and O–H groups in total. The van der Waals surface area contributed by atoms with Crippen LogP contribution in [0.15, 0.2) is 0 Å². The molecule has 1 amide bonds. The van der Waals surface area contributed by atoms with Gasteiger partial charge < -0.3 is 15.3 Å². The molecule has 1 rings (SSSR count). The van der Waals surface area contributed by atoms with Crippen LogP contribution < -0.4 is 5.32 Å². The number of carbonyl (C=O) groups excluding carboxylic acids is 1. The van der Waals surface area contributed by atoms with Crippen molar-refractivity contribution in [3.63, 3.8) is 0 Å². The molecule has 0 aromatic rings. The first kappa shape index (κ1) is 15.9. The number of aliphatic carboxylic acids is 1. The maximum absolute atomic E-state index is 11.9. The van der Waals surface area contributed by atoms with Gasteiger partial charge in [-0.2, -0.15) is 0 Å². The molecule has 0 saturated carbocycles. The fraction of sp³-hybridized carbons (Fsp3) is 0.846. The van der Waals surface area contributed by atoms with Crippen LogP contribution in [0.1, 0.15) is 26.7 Å². The molecule has 1 atom stereocenters. The maximum atomic E-state index is 11.9. The fourth-order valence-corrected chi connectivity index (χ4v) is 2.19. The molecule has 0 radical (unpaired) electrons. The molecule has 0 aromatic heterocycles. The molecule has 1 aliphatic rings. The Kier molecular flexibility index (Phi) is 6.80. The normalized spacial score (nSPS) is 19.1. The van der Waals surface area contributed by atoms with Gasteiger partial charge in [-0.05, 0) is 13.3 Å². The van der Waals surface area contributed by atoms with Crippen LogP contribution in [0.4, 0.5) is 0 Å². The highest BCUT2D eigenvalue weighted by molar-refractivity contribution is 5.81. The van der Waals surface area contributed by atoms with Crippen LogP contribution >= 0.6 is 0 Å². The van der Waals surface area contributed by atoms with E-state index in [9.17, 15) is 9.59 Å². The van der Waals surface area contributed by atoms with Gasteiger partial charge in [0.05, 0.1) is 12.5 Å². The van der Waals surface area contributed by atoms with Crippen molar-refractivity contribution in [1.29, 1.82) is 0 Å². The highest BCUT2D eigenvalue weighted by Gasteiger charge is 2.25. The lowest BCUT2D eigenvalue weighted by Crippen LogP contribution is -2.54. The summed E-state index contributed by atoms with van der Waals surface area (Å²) >= 11 is 0. The van der Waals surface area contributed by atoms with Crippen molar-refractivity contribution in [2.75, 3.05) is 39.3 Å². The number of hydrogen-bond acceptors (Lipinski definition) is 4. The summed E-state index contributed by atoms with van der Waals surface area (Å²) in [5.74, 6) is -0.671. The summed E-state index contributed by atoms with van der Waals surface area (Å²) in [6.07, 6.45) is 1.13. The van der Waals surface area contributed by atoms with E-state index in [1.165, 1.54) is 0 Å². The summed E-state index contributed by atoms with van der Waals surface area (Å²) in [7, 11) is 0. The zero-order valence-corrected chi connectivity index (χ0v) is 11.9. The number of carbonyl (C=O) groups is 2. The van der Waals surface area contributed by atoms with Gasteiger partial charge in [0.25, 0.3) is 0 Å². The molecule has 0 bridgehead atoms. The van der Waals surface area contributed by atoms with E-state index in [-0.39, 0.29) is 18.4 Å². The van der Waals surface area contributed by atoms with Gasteiger partial charge in [-0.15, -0.1) is 0 Å². The van der Waals surface area contributed by atoms with Gasteiger partial charge in [0.15, 0.2) is 0 Å². The lowest BCUT2D eigenvalue weighted by atomic mass is 10.2. The number of carboxylic acid groups (broad SMARTS) is 1. The molecule has 6 nitrogen and oxygen atoms in total. The second-order valence-corrected chi connectivity index (χ2v) is 4.99. The Hall–Kier alpha value is -1.14. The van der Waals surface area contributed by atoms with Crippen LogP contribution in [-0.4, -0.2) is 72.1 Å². The molecule has 1 unspecified atom stereocenters. The number of hydrogen-bond donors (Lipinski definition) is 2. The third kappa shape index (κ3) is 5.57. The molecule has 1 saturated heterocycles. The van der Waals surface area contributed by atoms with Gasteiger partial charge >= 0.3 is 5.97 Å². The largest absolute Gasteiger partial charge is 0.481 e. The second-order valence-electron chi connectivity index (χ2n) is 4.99. The summed E-state index contributed by atoms with van der Waals surface area (Å²) in [6.45, 7) is 8.59. The number of nitrogens with zero attached hydrogens (tertiary/aromatic N) is 2. The lowest BCUT2D eigenvalue weighted by molar-refractivity contribution is -0.137. The first-order chi connectivity index (χ1) is 9.04. The number of rotatable bonds is 7. The van der Waals surface area contributed by atoms with E-state index in [1.807, 2.05) is 13.8 Å². The van der Waals surface area contributed by atoms with Crippen molar-refractivity contribution in [1.82, 2.24) is 15.1 Å². The van der Waals surface area contributed by atoms with Crippen LogP contribution in [0.3, 0.4) is 0 Å². The molecule has 1 heterocycles. The van der Waals surface area contributed by atoms with Gasteiger partial charge in [0.2, 0.25) is 5.91 Å². The van der Waals surface area contributed by atoms with Crippen molar-refractivity contribution in [3.05, 3.63) is 0 Å². The number of nitrogens with one attached hydrogen (secondary N) is 1. The highest BCUT2D eigenvalue weighted by atomic mass is 16.4. The zero-order chi connectivity index (χ0) is 14.3. The predicted molar refractivity (Wildman–Crippen MR) is 73.0 cm³/mol. The summed E-state index contributed by atoms with van der Waals surface area (Å²) in [6, 6.07) is -0.104. The van der Waals surface area contributed by atoms with E-state index in [1.54, 1.807) is 0 Å². The van der Waals surface area contributed by atoms with E-state index in [4.69, 9.17) is 5.11 Å². The van der Waals surface area contributed by atoms with E-state index in [0.29, 0.717) is 6.54 Å². The Morgan fingerprint density at radius 3 is 2.42 bits per heavy atom. The molecular formula is C13H25N3O3. The molecule has 0 aromatic carbocycles. The Morgan fingerprint density at radius 2 is 1.89 bits per heavy atom. The van der Waals surface area contributed by atoms with E-state index in [2.05, 4.69) is 15.1 Å². The molecule has 0 spiro atoms. The number of carboxylic acids is 1. The van der Waals surface area contributed by atoms with Gasteiger partial charge in [-0.1, -0.05) is 6.92 Å². The van der Waals surface area contributed by atoms with E-state index in [0.717, 1.165) is 39.1 Å². The minimum absolute atomic E-state index is 0.0841. The summed E-state index contributed by atoms with van der Waals surface area (Å²) in [5.41, 5.74) is 0. The number of amides is 1. The van der Waals surface area contributed by atoms with Crippen LogP contribution in [0, 0.1) is 0 Å². The van der Waals surface area contributed by atoms with Gasteiger partial charge in [-0.25, -0.2) is 0 Å². The average Bonchev–Trinajstić information content (AvgIpc) is 2.42. The molecule has 1 fully saturated rings. The topological polar surface area (TPSA) is 72.9 Å². The predicted octanol–water partition coefficient (Wildman–Crippen LogP) is -0.00660. The summed E-state index contributed by atoms with van der Waals surface area (Å²) in [4.78, 5) is 26.7. The summed E-state index contributed by atoms with van der Waals surface area (Å²) in [5, 5.41) is 11.6. The second kappa shape index (κ2) is 8.12.